The standard InChI is InChI=1S/C12H18N2O/c13-6-5-12(4-2-8-15-10-12)11-3-1-7-14-9-11/h1,3,7,9H,2,4-6,8,10,13H2. The van der Waals surface area contributed by atoms with Gasteiger partial charge in [0.25, 0.3) is 0 Å². The van der Waals surface area contributed by atoms with Crippen molar-refractivity contribution in [1.82, 2.24) is 4.98 Å². The Morgan fingerprint density at radius 2 is 2.47 bits per heavy atom. The Bertz CT molecular complexity index is 288. The van der Waals surface area contributed by atoms with Crippen LogP contribution in [0.5, 0.6) is 0 Å². The van der Waals surface area contributed by atoms with Crippen LogP contribution < -0.4 is 5.73 Å². The molecular weight excluding hydrogens is 188 g/mol. The molecule has 15 heavy (non-hydrogen) atoms. The maximum atomic E-state index is 5.71. The van der Waals surface area contributed by atoms with Crippen molar-refractivity contribution in [2.24, 2.45) is 5.73 Å². The van der Waals surface area contributed by atoms with Crippen LogP contribution in [0.3, 0.4) is 0 Å². The monoisotopic (exact) mass is 206 g/mol. The summed E-state index contributed by atoms with van der Waals surface area (Å²) in [5, 5.41) is 0. The molecule has 0 aromatic carbocycles. The molecule has 82 valence electrons. The first-order valence-electron chi connectivity index (χ1n) is 5.56. The van der Waals surface area contributed by atoms with Crippen molar-refractivity contribution in [3.63, 3.8) is 0 Å². The lowest BCUT2D eigenvalue weighted by atomic mass is 9.74. The Labute approximate surface area is 90.7 Å². The Balaban J connectivity index is 2.25. The summed E-state index contributed by atoms with van der Waals surface area (Å²) in [5.74, 6) is 0. The van der Waals surface area contributed by atoms with Crippen molar-refractivity contribution in [2.75, 3.05) is 19.8 Å². The lowest BCUT2D eigenvalue weighted by Gasteiger charge is -2.37. The Morgan fingerprint density at radius 1 is 1.53 bits per heavy atom. The molecule has 1 aromatic heterocycles. The molecule has 0 saturated carbocycles. The van der Waals surface area contributed by atoms with E-state index in [1.165, 1.54) is 5.56 Å². The van der Waals surface area contributed by atoms with Gasteiger partial charge in [0, 0.05) is 24.4 Å². The number of aromatic nitrogens is 1. The molecule has 2 heterocycles. The molecule has 1 unspecified atom stereocenters. The van der Waals surface area contributed by atoms with E-state index in [0.717, 1.165) is 32.5 Å². The predicted octanol–water partition coefficient (Wildman–Crippen LogP) is 1.48. The first-order valence-corrected chi connectivity index (χ1v) is 5.56. The molecule has 1 fully saturated rings. The quantitative estimate of drug-likeness (QED) is 0.815. The zero-order valence-corrected chi connectivity index (χ0v) is 8.98. The van der Waals surface area contributed by atoms with Gasteiger partial charge >= 0.3 is 0 Å². The van der Waals surface area contributed by atoms with Crippen LogP contribution in [0.4, 0.5) is 0 Å². The van der Waals surface area contributed by atoms with E-state index in [1.54, 1.807) is 0 Å². The number of ether oxygens (including phenoxy) is 1. The average molecular weight is 206 g/mol. The molecule has 0 radical (unpaired) electrons. The Hall–Kier alpha value is -0.930. The Morgan fingerprint density at radius 3 is 3.07 bits per heavy atom. The van der Waals surface area contributed by atoms with Crippen molar-refractivity contribution >= 4 is 0 Å². The van der Waals surface area contributed by atoms with Gasteiger partial charge in [0.15, 0.2) is 0 Å². The lowest BCUT2D eigenvalue weighted by molar-refractivity contribution is 0.0311. The summed E-state index contributed by atoms with van der Waals surface area (Å²) in [7, 11) is 0. The number of nitrogens with two attached hydrogens (primary N) is 1. The molecule has 0 spiro atoms. The van der Waals surface area contributed by atoms with Gasteiger partial charge in [0.05, 0.1) is 6.61 Å². The van der Waals surface area contributed by atoms with Gasteiger partial charge in [0.2, 0.25) is 0 Å². The average Bonchev–Trinajstić information content (AvgIpc) is 2.32. The van der Waals surface area contributed by atoms with Gasteiger partial charge < -0.3 is 10.5 Å². The number of rotatable bonds is 3. The maximum Gasteiger partial charge on any atom is 0.0563 e. The van der Waals surface area contributed by atoms with Crippen LogP contribution in [0.15, 0.2) is 24.5 Å². The van der Waals surface area contributed by atoms with E-state index in [1.807, 2.05) is 18.5 Å². The predicted molar refractivity (Wildman–Crippen MR) is 59.6 cm³/mol. The van der Waals surface area contributed by atoms with Crippen LogP contribution in [0.1, 0.15) is 24.8 Å². The van der Waals surface area contributed by atoms with Gasteiger partial charge in [-0.25, -0.2) is 0 Å². The van der Waals surface area contributed by atoms with Crippen LogP contribution in [-0.4, -0.2) is 24.7 Å². The number of hydrogen-bond acceptors (Lipinski definition) is 3. The summed E-state index contributed by atoms with van der Waals surface area (Å²) < 4.78 is 5.61. The molecule has 0 aliphatic carbocycles. The summed E-state index contributed by atoms with van der Waals surface area (Å²) >= 11 is 0. The minimum absolute atomic E-state index is 0.112. The molecule has 2 N–H and O–H groups in total. The molecule has 0 amide bonds. The van der Waals surface area contributed by atoms with Gasteiger partial charge in [-0.05, 0) is 37.4 Å². The number of nitrogens with zero attached hydrogens (tertiary/aromatic N) is 1. The van der Waals surface area contributed by atoms with Gasteiger partial charge in [-0.1, -0.05) is 6.07 Å². The second kappa shape index (κ2) is 4.73. The Kier molecular flexibility index (Phi) is 3.34. The maximum absolute atomic E-state index is 5.71. The third-order valence-corrected chi connectivity index (χ3v) is 3.22. The van der Waals surface area contributed by atoms with Crippen molar-refractivity contribution < 1.29 is 4.74 Å². The summed E-state index contributed by atoms with van der Waals surface area (Å²) in [5.41, 5.74) is 7.09. The summed E-state index contributed by atoms with van der Waals surface area (Å²) in [6, 6.07) is 4.12. The van der Waals surface area contributed by atoms with Crippen molar-refractivity contribution in [2.45, 2.75) is 24.7 Å². The molecular formula is C12H18N2O. The van der Waals surface area contributed by atoms with Crippen molar-refractivity contribution in [1.29, 1.82) is 0 Å². The van der Waals surface area contributed by atoms with Crippen molar-refractivity contribution in [3.8, 4) is 0 Å². The highest BCUT2D eigenvalue weighted by Crippen LogP contribution is 2.35. The molecule has 1 aliphatic heterocycles. The fourth-order valence-electron chi connectivity index (χ4n) is 2.37. The van der Waals surface area contributed by atoms with Gasteiger partial charge in [-0.15, -0.1) is 0 Å². The smallest absolute Gasteiger partial charge is 0.0563 e. The van der Waals surface area contributed by atoms with E-state index < -0.39 is 0 Å². The van der Waals surface area contributed by atoms with E-state index in [9.17, 15) is 0 Å². The number of hydrogen-bond donors (Lipinski definition) is 1. The van der Waals surface area contributed by atoms with Crippen LogP contribution >= 0.6 is 0 Å². The number of pyridine rings is 1. The molecule has 1 atom stereocenters. The van der Waals surface area contributed by atoms with Crippen LogP contribution in [0.25, 0.3) is 0 Å². The lowest BCUT2D eigenvalue weighted by Crippen LogP contribution is -2.38. The molecule has 0 bridgehead atoms. The second-order valence-electron chi connectivity index (χ2n) is 4.22. The largest absolute Gasteiger partial charge is 0.381 e. The fraction of sp³-hybridized carbons (Fsp3) is 0.583. The zero-order valence-electron chi connectivity index (χ0n) is 8.98. The van der Waals surface area contributed by atoms with E-state index in [4.69, 9.17) is 10.5 Å². The van der Waals surface area contributed by atoms with Crippen LogP contribution in [-0.2, 0) is 10.2 Å². The molecule has 3 nitrogen and oxygen atoms in total. The van der Waals surface area contributed by atoms with E-state index in [0.29, 0.717) is 6.54 Å². The highest BCUT2D eigenvalue weighted by molar-refractivity contribution is 5.22. The van der Waals surface area contributed by atoms with E-state index >= 15 is 0 Å². The first kappa shape index (κ1) is 10.6. The fourth-order valence-corrected chi connectivity index (χ4v) is 2.37. The summed E-state index contributed by atoms with van der Waals surface area (Å²) in [6.45, 7) is 2.38. The first-order chi connectivity index (χ1) is 7.37. The molecule has 1 aliphatic rings. The highest BCUT2D eigenvalue weighted by atomic mass is 16.5. The van der Waals surface area contributed by atoms with Gasteiger partial charge in [0.1, 0.15) is 0 Å². The minimum Gasteiger partial charge on any atom is -0.381 e. The second-order valence-corrected chi connectivity index (χ2v) is 4.22. The van der Waals surface area contributed by atoms with E-state index in [2.05, 4.69) is 11.1 Å². The normalized spacial score (nSPS) is 26.5. The van der Waals surface area contributed by atoms with Crippen molar-refractivity contribution in [3.05, 3.63) is 30.1 Å². The zero-order chi connectivity index (χ0) is 10.6. The molecule has 3 heteroatoms. The summed E-state index contributed by atoms with van der Waals surface area (Å²) in [6.07, 6.45) is 7.02. The summed E-state index contributed by atoms with van der Waals surface area (Å²) in [4.78, 5) is 4.19. The van der Waals surface area contributed by atoms with Crippen LogP contribution in [0, 0.1) is 0 Å². The molecule has 1 saturated heterocycles. The van der Waals surface area contributed by atoms with Gasteiger partial charge in [-0.2, -0.15) is 0 Å². The third kappa shape index (κ3) is 2.19. The third-order valence-electron chi connectivity index (χ3n) is 3.22. The van der Waals surface area contributed by atoms with Gasteiger partial charge in [-0.3, -0.25) is 4.98 Å². The highest BCUT2D eigenvalue weighted by Gasteiger charge is 2.33. The SMILES string of the molecule is NCCC1(c2cccnc2)CCCOC1. The molecule has 1 aromatic rings. The van der Waals surface area contributed by atoms with Crippen LogP contribution in [0.2, 0.25) is 0 Å². The molecule has 2 rings (SSSR count). The minimum atomic E-state index is 0.112. The topological polar surface area (TPSA) is 48.1 Å². The van der Waals surface area contributed by atoms with E-state index in [-0.39, 0.29) is 5.41 Å².